The van der Waals surface area contributed by atoms with Crippen LogP contribution in [-0.4, -0.2) is 5.54 Å². The van der Waals surface area contributed by atoms with Gasteiger partial charge < -0.3 is 11.1 Å². The van der Waals surface area contributed by atoms with E-state index in [-0.39, 0.29) is 0 Å². The van der Waals surface area contributed by atoms with Crippen LogP contribution in [0.3, 0.4) is 0 Å². The van der Waals surface area contributed by atoms with E-state index in [1.807, 2.05) is 18.2 Å². The molecule has 1 aromatic rings. The zero-order chi connectivity index (χ0) is 12.3. The maximum absolute atomic E-state index is 5.82. The molecule has 2 rings (SSSR count). The van der Waals surface area contributed by atoms with Crippen molar-refractivity contribution in [1.29, 1.82) is 0 Å². The fourth-order valence-corrected chi connectivity index (χ4v) is 2.93. The molecule has 3 heteroatoms. The van der Waals surface area contributed by atoms with E-state index in [4.69, 9.17) is 5.73 Å². The Balaban J connectivity index is 1.99. The molecule has 1 aliphatic carbocycles. The van der Waals surface area contributed by atoms with Crippen molar-refractivity contribution >= 4 is 21.6 Å². The zero-order valence-electron chi connectivity index (χ0n) is 10.4. The van der Waals surface area contributed by atoms with E-state index in [2.05, 4.69) is 28.2 Å². The Labute approximate surface area is 112 Å². The summed E-state index contributed by atoms with van der Waals surface area (Å²) in [7, 11) is 0. The van der Waals surface area contributed by atoms with Gasteiger partial charge in [0, 0.05) is 22.2 Å². The lowest BCUT2D eigenvalue weighted by atomic mass is 9.83. The summed E-state index contributed by atoms with van der Waals surface area (Å²) in [6.07, 6.45) is 6.66. The lowest BCUT2D eigenvalue weighted by molar-refractivity contribution is 0.252. The number of halogens is 1. The Morgan fingerprint density at radius 1 is 1.29 bits per heavy atom. The van der Waals surface area contributed by atoms with Crippen molar-refractivity contribution < 1.29 is 0 Å². The molecule has 1 saturated carbocycles. The molecule has 17 heavy (non-hydrogen) atoms. The van der Waals surface area contributed by atoms with E-state index in [0.717, 1.165) is 16.7 Å². The molecule has 0 bridgehead atoms. The molecule has 1 aromatic carbocycles. The second-order valence-electron chi connectivity index (χ2n) is 5.33. The van der Waals surface area contributed by atoms with Crippen LogP contribution < -0.4 is 11.1 Å². The largest absolute Gasteiger partial charge is 0.399 e. The average Bonchev–Trinajstić information content (AvgIpc) is 2.31. The molecule has 3 N–H and O–H groups in total. The van der Waals surface area contributed by atoms with E-state index >= 15 is 0 Å². The molecular weight excluding hydrogens is 276 g/mol. The summed E-state index contributed by atoms with van der Waals surface area (Å²) < 4.78 is 1.14. The number of anilines is 1. The van der Waals surface area contributed by atoms with Gasteiger partial charge in [-0.05, 0) is 43.5 Å². The molecule has 0 spiro atoms. The van der Waals surface area contributed by atoms with Gasteiger partial charge in [-0.2, -0.15) is 0 Å². The molecule has 0 unspecified atom stereocenters. The SMILES string of the molecule is CC1(NCc2cc(N)ccc2Br)CCCCC1. The molecule has 94 valence electrons. The Bertz CT molecular complexity index is 384. The minimum atomic E-state index is 0.308. The van der Waals surface area contributed by atoms with Crippen LogP contribution in [0.4, 0.5) is 5.69 Å². The van der Waals surface area contributed by atoms with Gasteiger partial charge in [0.05, 0.1) is 0 Å². The molecule has 0 radical (unpaired) electrons. The summed E-state index contributed by atoms with van der Waals surface area (Å²) in [5.41, 5.74) is 8.21. The third-order valence-electron chi connectivity index (χ3n) is 3.73. The van der Waals surface area contributed by atoms with E-state index in [9.17, 15) is 0 Å². The third kappa shape index (κ3) is 3.46. The fraction of sp³-hybridized carbons (Fsp3) is 0.571. The quantitative estimate of drug-likeness (QED) is 0.832. The van der Waals surface area contributed by atoms with Crippen LogP contribution in [0.5, 0.6) is 0 Å². The monoisotopic (exact) mass is 296 g/mol. The topological polar surface area (TPSA) is 38.0 Å². The van der Waals surface area contributed by atoms with Gasteiger partial charge in [0.25, 0.3) is 0 Å². The maximum atomic E-state index is 5.82. The van der Waals surface area contributed by atoms with Gasteiger partial charge in [-0.3, -0.25) is 0 Å². The van der Waals surface area contributed by atoms with Crippen molar-refractivity contribution in [2.24, 2.45) is 0 Å². The van der Waals surface area contributed by atoms with Crippen LogP contribution in [-0.2, 0) is 6.54 Å². The molecule has 2 nitrogen and oxygen atoms in total. The number of rotatable bonds is 3. The lowest BCUT2D eigenvalue weighted by Gasteiger charge is -2.35. The molecule has 0 amide bonds. The van der Waals surface area contributed by atoms with E-state index in [1.54, 1.807) is 0 Å². The highest BCUT2D eigenvalue weighted by molar-refractivity contribution is 9.10. The number of hydrogen-bond acceptors (Lipinski definition) is 2. The van der Waals surface area contributed by atoms with E-state index in [0.29, 0.717) is 5.54 Å². The lowest BCUT2D eigenvalue weighted by Crippen LogP contribution is -2.43. The fourth-order valence-electron chi connectivity index (χ4n) is 2.55. The molecule has 0 atom stereocenters. The second kappa shape index (κ2) is 5.40. The molecule has 1 aliphatic rings. The van der Waals surface area contributed by atoms with Crippen molar-refractivity contribution in [1.82, 2.24) is 5.32 Å². The first kappa shape index (κ1) is 12.9. The number of hydrogen-bond donors (Lipinski definition) is 2. The first-order chi connectivity index (χ1) is 8.09. The van der Waals surface area contributed by atoms with E-state index < -0.39 is 0 Å². The van der Waals surface area contributed by atoms with Gasteiger partial charge in [0.2, 0.25) is 0 Å². The van der Waals surface area contributed by atoms with Crippen molar-refractivity contribution in [3.05, 3.63) is 28.2 Å². The molecular formula is C14H21BrN2. The summed E-state index contributed by atoms with van der Waals surface area (Å²) in [6.45, 7) is 3.23. The Hall–Kier alpha value is -0.540. The van der Waals surface area contributed by atoms with Crippen molar-refractivity contribution in [2.45, 2.75) is 51.1 Å². The summed E-state index contributed by atoms with van der Waals surface area (Å²) in [4.78, 5) is 0. The van der Waals surface area contributed by atoms with Gasteiger partial charge in [-0.15, -0.1) is 0 Å². The van der Waals surface area contributed by atoms with Gasteiger partial charge >= 0.3 is 0 Å². The summed E-state index contributed by atoms with van der Waals surface area (Å²) >= 11 is 3.58. The number of nitrogens with two attached hydrogens (primary N) is 1. The number of benzene rings is 1. The van der Waals surface area contributed by atoms with Crippen LogP contribution in [0.1, 0.15) is 44.6 Å². The van der Waals surface area contributed by atoms with Gasteiger partial charge in [0.1, 0.15) is 0 Å². The van der Waals surface area contributed by atoms with Crippen LogP contribution >= 0.6 is 15.9 Å². The smallest absolute Gasteiger partial charge is 0.0318 e. The van der Waals surface area contributed by atoms with Gasteiger partial charge in [-0.25, -0.2) is 0 Å². The third-order valence-corrected chi connectivity index (χ3v) is 4.51. The van der Waals surface area contributed by atoms with Crippen molar-refractivity contribution in [2.75, 3.05) is 5.73 Å². The normalized spacial score (nSPS) is 19.2. The molecule has 0 aromatic heterocycles. The van der Waals surface area contributed by atoms with Crippen LogP contribution in [0.2, 0.25) is 0 Å². The Kier molecular flexibility index (Phi) is 4.10. The van der Waals surface area contributed by atoms with Gasteiger partial charge in [-0.1, -0.05) is 35.2 Å². The average molecular weight is 297 g/mol. The first-order valence-corrected chi connectivity index (χ1v) is 7.17. The minimum absolute atomic E-state index is 0.308. The maximum Gasteiger partial charge on any atom is 0.0318 e. The second-order valence-corrected chi connectivity index (χ2v) is 6.18. The number of nitrogen functional groups attached to an aromatic ring is 1. The molecule has 0 aliphatic heterocycles. The summed E-state index contributed by atoms with van der Waals surface area (Å²) in [5, 5.41) is 3.70. The zero-order valence-corrected chi connectivity index (χ0v) is 12.0. The van der Waals surface area contributed by atoms with Crippen LogP contribution in [0, 0.1) is 0 Å². The highest BCUT2D eigenvalue weighted by Gasteiger charge is 2.25. The minimum Gasteiger partial charge on any atom is -0.399 e. The van der Waals surface area contributed by atoms with Crippen LogP contribution in [0.25, 0.3) is 0 Å². The molecule has 0 saturated heterocycles. The van der Waals surface area contributed by atoms with Crippen molar-refractivity contribution in [3.63, 3.8) is 0 Å². The summed E-state index contributed by atoms with van der Waals surface area (Å²) in [5.74, 6) is 0. The molecule has 0 heterocycles. The number of nitrogens with one attached hydrogen (secondary N) is 1. The predicted octanol–water partition coefficient (Wildman–Crippen LogP) is 3.84. The predicted molar refractivity (Wildman–Crippen MR) is 76.9 cm³/mol. The van der Waals surface area contributed by atoms with Crippen LogP contribution in [0.15, 0.2) is 22.7 Å². The van der Waals surface area contributed by atoms with E-state index in [1.165, 1.54) is 37.7 Å². The standard InChI is InChI=1S/C14H21BrN2/c1-14(7-3-2-4-8-14)17-10-11-9-12(16)5-6-13(11)15/h5-6,9,17H,2-4,7-8,10,16H2,1H3. The first-order valence-electron chi connectivity index (χ1n) is 6.38. The van der Waals surface area contributed by atoms with Gasteiger partial charge in [0.15, 0.2) is 0 Å². The summed E-state index contributed by atoms with van der Waals surface area (Å²) in [6, 6.07) is 5.99. The Morgan fingerprint density at radius 2 is 2.00 bits per heavy atom. The van der Waals surface area contributed by atoms with Crippen molar-refractivity contribution in [3.8, 4) is 0 Å². The molecule has 1 fully saturated rings. The highest BCUT2D eigenvalue weighted by atomic mass is 79.9. The Morgan fingerprint density at radius 3 is 2.71 bits per heavy atom. The highest BCUT2D eigenvalue weighted by Crippen LogP contribution is 2.28.